The van der Waals surface area contributed by atoms with E-state index in [0.717, 1.165) is 17.7 Å². The molecule has 0 aliphatic heterocycles. The summed E-state index contributed by atoms with van der Waals surface area (Å²) < 4.78 is 0. The number of rotatable bonds is 5. The molecule has 0 spiro atoms. The summed E-state index contributed by atoms with van der Waals surface area (Å²) in [5.74, 6) is 1.30. The van der Waals surface area contributed by atoms with E-state index in [9.17, 15) is 0 Å². The van der Waals surface area contributed by atoms with Gasteiger partial charge in [0.2, 0.25) is 5.95 Å². The Morgan fingerprint density at radius 2 is 1.63 bits per heavy atom. The molecule has 100 valence electrons. The van der Waals surface area contributed by atoms with Crippen LogP contribution in [0.3, 0.4) is 0 Å². The Morgan fingerprint density at radius 1 is 1.00 bits per heavy atom. The molecule has 1 aromatic heterocycles. The quantitative estimate of drug-likeness (QED) is 0.874. The van der Waals surface area contributed by atoms with Crippen LogP contribution in [0.4, 0.5) is 5.95 Å². The minimum Gasteiger partial charge on any atom is -0.355 e. The molecule has 3 heteroatoms. The van der Waals surface area contributed by atoms with Gasteiger partial charge in [0.1, 0.15) is 0 Å². The first-order valence-corrected chi connectivity index (χ1v) is 6.90. The Labute approximate surface area is 115 Å². The summed E-state index contributed by atoms with van der Waals surface area (Å²) in [6, 6.07) is 8.68. The van der Waals surface area contributed by atoms with Gasteiger partial charge in [-0.05, 0) is 30.4 Å². The van der Waals surface area contributed by atoms with Crippen LogP contribution in [0.15, 0.2) is 36.7 Å². The third-order valence-corrected chi connectivity index (χ3v) is 3.41. The first-order chi connectivity index (χ1) is 9.24. The normalized spacial score (nSPS) is 12.2. The van der Waals surface area contributed by atoms with Crippen LogP contribution >= 0.6 is 0 Å². The monoisotopic (exact) mass is 255 g/mol. The fourth-order valence-corrected chi connectivity index (χ4v) is 1.97. The molecule has 0 amide bonds. The van der Waals surface area contributed by atoms with E-state index in [1.54, 1.807) is 0 Å². The third kappa shape index (κ3) is 3.31. The molecule has 2 rings (SSSR count). The number of hydrogen-bond acceptors (Lipinski definition) is 3. The van der Waals surface area contributed by atoms with Crippen LogP contribution in [0.5, 0.6) is 0 Å². The minimum atomic E-state index is 0.612. The number of benzene rings is 1. The molecule has 0 aliphatic carbocycles. The predicted octanol–water partition coefficient (Wildman–Crippen LogP) is 4.09. The van der Waals surface area contributed by atoms with E-state index in [4.69, 9.17) is 0 Å². The number of hydrogen-bond donors (Lipinski definition) is 1. The van der Waals surface area contributed by atoms with Crippen molar-refractivity contribution >= 4 is 5.95 Å². The average molecular weight is 255 g/mol. The molecule has 1 aromatic carbocycles. The van der Waals surface area contributed by atoms with Gasteiger partial charge >= 0.3 is 0 Å². The summed E-state index contributed by atoms with van der Waals surface area (Å²) in [5.41, 5.74) is 3.60. The Morgan fingerprint density at radius 3 is 2.16 bits per heavy atom. The van der Waals surface area contributed by atoms with Crippen LogP contribution in [0.25, 0.3) is 11.1 Å². The highest BCUT2D eigenvalue weighted by molar-refractivity contribution is 5.62. The molecular weight excluding hydrogens is 234 g/mol. The van der Waals surface area contributed by atoms with Crippen molar-refractivity contribution in [3.63, 3.8) is 0 Å². The zero-order chi connectivity index (χ0) is 13.7. The first-order valence-electron chi connectivity index (χ1n) is 6.90. The van der Waals surface area contributed by atoms with Gasteiger partial charge in [0, 0.05) is 24.5 Å². The molecule has 1 heterocycles. The summed E-state index contributed by atoms with van der Waals surface area (Å²) in [7, 11) is 0. The maximum Gasteiger partial charge on any atom is 0.222 e. The fraction of sp³-hybridized carbons (Fsp3) is 0.375. The molecule has 1 N–H and O–H groups in total. The largest absolute Gasteiger partial charge is 0.355 e. The van der Waals surface area contributed by atoms with Gasteiger partial charge in [-0.25, -0.2) is 9.97 Å². The Balaban J connectivity index is 2.17. The molecule has 1 unspecified atom stereocenters. The SMILES string of the molecule is CCNc1ncc(-c2ccc(C(C)CC)cc2)cn1. The van der Waals surface area contributed by atoms with Crippen LogP contribution in [0, 0.1) is 0 Å². The molecule has 0 radical (unpaired) electrons. The highest BCUT2D eigenvalue weighted by Gasteiger charge is 2.04. The number of nitrogens with zero attached hydrogens (tertiary/aromatic N) is 2. The van der Waals surface area contributed by atoms with Crippen LogP contribution in [-0.4, -0.2) is 16.5 Å². The summed E-state index contributed by atoms with van der Waals surface area (Å²) >= 11 is 0. The maximum atomic E-state index is 4.30. The molecule has 2 aromatic rings. The van der Waals surface area contributed by atoms with Gasteiger partial charge in [-0.15, -0.1) is 0 Å². The molecule has 3 nitrogen and oxygen atoms in total. The van der Waals surface area contributed by atoms with Gasteiger partial charge in [-0.3, -0.25) is 0 Å². The molecule has 0 saturated heterocycles. The Hall–Kier alpha value is -1.90. The van der Waals surface area contributed by atoms with Crippen molar-refractivity contribution in [1.29, 1.82) is 0 Å². The molecule has 0 saturated carbocycles. The molecule has 0 bridgehead atoms. The van der Waals surface area contributed by atoms with Crippen molar-refractivity contribution < 1.29 is 0 Å². The second kappa shape index (κ2) is 6.32. The summed E-state index contributed by atoms with van der Waals surface area (Å²) in [4.78, 5) is 8.59. The van der Waals surface area contributed by atoms with Crippen molar-refractivity contribution in [2.75, 3.05) is 11.9 Å². The molecule has 19 heavy (non-hydrogen) atoms. The lowest BCUT2D eigenvalue weighted by molar-refractivity contribution is 0.734. The highest BCUT2D eigenvalue weighted by atomic mass is 15.1. The van der Waals surface area contributed by atoms with E-state index in [0.29, 0.717) is 11.9 Å². The van der Waals surface area contributed by atoms with E-state index in [-0.39, 0.29) is 0 Å². The van der Waals surface area contributed by atoms with Crippen molar-refractivity contribution in [3.8, 4) is 11.1 Å². The van der Waals surface area contributed by atoms with E-state index < -0.39 is 0 Å². The van der Waals surface area contributed by atoms with Crippen LogP contribution < -0.4 is 5.32 Å². The van der Waals surface area contributed by atoms with Gasteiger partial charge in [0.05, 0.1) is 0 Å². The number of nitrogens with one attached hydrogen (secondary N) is 1. The predicted molar refractivity (Wildman–Crippen MR) is 80.3 cm³/mol. The fourth-order valence-electron chi connectivity index (χ4n) is 1.97. The Bertz CT molecular complexity index is 503. The van der Waals surface area contributed by atoms with E-state index in [1.807, 2.05) is 19.3 Å². The average Bonchev–Trinajstić information content (AvgIpc) is 2.48. The lowest BCUT2D eigenvalue weighted by Crippen LogP contribution is -2.01. The van der Waals surface area contributed by atoms with E-state index >= 15 is 0 Å². The van der Waals surface area contributed by atoms with E-state index in [1.165, 1.54) is 12.0 Å². The van der Waals surface area contributed by atoms with Gasteiger partial charge in [0.25, 0.3) is 0 Å². The summed E-state index contributed by atoms with van der Waals surface area (Å²) in [5, 5.41) is 3.10. The zero-order valence-corrected chi connectivity index (χ0v) is 11.9. The van der Waals surface area contributed by atoms with Crippen molar-refractivity contribution in [1.82, 2.24) is 9.97 Å². The molecule has 1 atom stereocenters. The number of aromatic nitrogens is 2. The smallest absolute Gasteiger partial charge is 0.222 e. The van der Waals surface area contributed by atoms with Crippen LogP contribution in [0.1, 0.15) is 38.7 Å². The standard InChI is InChI=1S/C16H21N3/c1-4-12(3)13-6-8-14(9-7-13)15-10-18-16(17-5-2)19-11-15/h6-12H,4-5H2,1-3H3,(H,17,18,19). The van der Waals surface area contributed by atoms with Crippen molar-refractivity contribution in [3.05, 3.63) is 42.2 Å². The van der Waals surface area contributed by atoms with Crippen molar-refractivity contribution in [2.45, 2.75) is 33.1 Å². The molecular formula is C16H21N3. The number of anilines is 1. The molecule has 0 aliphatic rings. The second-order valence-corrected chi connectivity index (χ2v) is 4.76. The summed E-state index contributed by atoms with van der Waals surface area (Å²) in [6.07, 6.45) is 4.90. The van der Waals surface area contributed by atoms with Crippen LogP contribution in [-0.2, 0) is 0 Å². The zero-order valence-electron chi connectivity index (χ0n) is 11.9. The van der Waals surface area contributed by atoms with Crippen LogP contribution in [0.2, 0.25) is 0 Å². The second-order valence-electron chi connectivity index (χ2n) is 4.76. The summed E-state index contributed by atoms with van der Waals surface area (Å²) in [6.45, 7) is 7.34. The van der Waals surface area contributed by atoms with Gasteiger partial charge in [-0.1, -0.05) is 38.1 Å². The van der Waals surface area contributed by atoms with Crippen molar-refractivity contribution in [2.24, 2.45) is 0 Å². The van der Waals surface area contributed by atoms with Gasteiger partial charge < -0.3 is 5.32 Å². The maximum absolute atomic E-state index is 4.30. The van der Waals surface area contributed by atoms with Gasteiger partial charge in [0.15, 0.2) is 0 Å². The van der Waals surface area contributed by atoms with E-state index in [2.05, 4.69) is 53.4 Å². The highest BCUT2D eigenvalue weighted by Crippen LogP contribution is 2.23. The first kappa shape index (κ1) is 13.5. The lowest BCUT2D eigenvalue weighted by Gasteiger charge is -2.10. The third-order valence-electron chi connectivity index (χ3n) is 3.41. The molecule has 0 fully saturated rings. The topological polar surface area (TPSA) is 37.8 Å². The van der Waals surface area contributed by atoms with Gasteiger partial charge in [-0.2, -0.15) is 0 Å². The Kier molecular flexibility index (Phi) is 4.50. The minimum absolute atomic E-state index is 0.612. The lowest BCUT2D eigenvalue weighted by atomic mass is 9.96.